The predicted octanol–water partition coefficient (Wildman–Crippen LogP) is 2.50. The number of thiazole rings is 1. The van der Waals surface area contributed by atoms with Crippen molar-refractivity contribution >= 4 is 23.3 Å². The standard InChI is InChI=1S/C14H14N2S.C4H4O4/c1-2-4-11-9(3-1)7-12-13(11)16-14(17-12)10-5-6-15-8-10;5-3(6)1-2-4(7)8/h1-4,10,15H,5-8H2;1-2H,(H,5,6)(H,7,8)/b;2-1+/t10-;/m0./s1. The van der Waals surface area contributed by atoms with Crippen molar-refractivity contribution in [2.75, 3.05) is 13.1 Å². The Morgan fingerprint density at radius 1 is 1.20 bits per heavy atom. The number of carbonyl (C=O) groups is 2. The number of carboxylic acids is 2. The number of nitrogens with zero attached hydrogens (tertiary/aromatic N) is 1. The first-order chi connectivity index (χ1) is 12.0. The maximum absolute atomic E-state index is 9.55. The summed E-state index contributed by atoms with van der Waals surface area (Å²) in [4.78, 5) is 25.5. The van der Waals surface area contributed by atoms with Crippen molar-refractivity contribution in [1.29, 1.82) is 0 Å². The summed E-state index contributed by atoms with van der Waals surface area (Å²) in [6.07, 6.45) is 3.45. The van der Waals surface area contributed by atoms with Crippen LogP contribution in [-0.4, -0.2) is 40.2 Å². The minimum atomic E-state index is -1.26. The molecule has 0 radical (unpaired) electrons. The number of fused-ring (bicyclic) bond motifs is 3. The van der Waals surface area contributed by atoms with E-state index in [1.807, 2.05) is 11.3 Å². The van der Waals surface area contributed by atoms with Gasteiger partial charge in [-0.2, -0.15) is 0 Å². The van der Waals surface area contributed by atoms with Crippen molar-refractivity contribution in [3.8, 4) is 11.3 Å². The molecule has 2 aromatic rings. The molecule has 0 amide bonds. The zero-order valence-corrected chi connectivity index (χ0v) is 14.3. The molecule has 1 aliphatic carbocycles. The summed E-state index contributed by atoms with van der Waals surface area (Å²) < 4.78 is 0. The lowest BCUT2D eigenvalue weighted by molar-refractivity contribution is -0.134. The minimum absolute atomic E-state index is 0.558. The molecule has 1 aromatic heterocycles. The van der Waals surface area contributed by atoms with Crippen molar-refractivity contribution in [2.24, 2.45) is 0 Å². The summed E-state index contributed by atoms with van der Waals surface area (Å²) in [5.74, 6) is -1.86. The summed E-state index contributed by atoms with van der Waals surface area (Å²) in [5, 5.41) is 20.4. The normalized spacial score (nSPS) is 17.7. The lowest BCUT2D eigenvalue weighted by atomic mass is 10.1. The van der Waals surface area contributed by atoms with Crippen molar-refractivity contribution in [1.82, 2.24) is 10.3 Å². The summed E-state index contributed by atoms with van der Waals surface area (Å²) in [7, 11) is 0. The van der Waals surface area contributed by atoms with Gasteiger partial charge in [-0.15, -0.1) is 11.3 Å². The van der Waals surface area contributed by atoms with E-state index < -0.39 is 11.9 Å². The van der Waals surface area contributed by atoms with Gasteiger partial charge in [-0.25, -0.2) is 14.6 Å². The van der Waals surface area contributed by atoms with Gasteiger partial charge in [0.15, 0.2) is 0 Å². The largest absolute Gasteiger partial charge is 0.478 e. The first kappa shape index (κ1) is 17.3. The molecule has 130 valence electrons. The third kappa shape index (κ3) is 4.12. The highest BCUT2D eigenvalue weighted by atomic mass is 32.1. The Labute approximate surface area is 148 Å². The van der Waals surface area contributed by atoms with E-state index in [1.54, 1.807) is 0 Å². The fourth-order valence-electron chi connectivity index (χ4n) is 2.96. The Hall–Kier alpha value is -2.51. The van der Waals surface area contributed by atoms with E-state index in [0.29, 0.717) is 18.1 Å². The zero-order valence-electron chi connectivity index (χ0n) is 13.4. The number of rotatable bonds is 3. The lowest BCUT2D eigenvalue weighted by Gasteiger charge is -2.03. The van der Waals surface area contributed by atoms with E-state index >= 15 is 0 Å². The van der Waals surface area contributed by atoms with Gasteiger partial charge in [-0.1, -0.05) is 24.3 Å². The van der Waals surface area contributed by atoms with Gasteiger partial charge in [0.05, 0.1) is 10.7 Å². The van der Waals surface area contributed by atoms with Crippen molar-refractivity contribution in [2.45, 2.75) is 18.8 Å². The van der Waals surface area contributed by atoms with Crippen LogP contribution in [0.2, 0.25) is 0 Å². The van der Waals surface area contributed by atoms with E-state index in [0.717, 1.165) is 19.5 Å². The van der Waals surface area contributed by atoms with E-state index in [4.69, 9.17) is 15.2 Å². The second-order valence-electron chi connectivity index (χ2n) is 5.86. The summed E-state index contributed by atoms with van der Waals surface area (Å²) in [5.41, 5.74) is 4.06. The molecule has 0 unspecified atom stereocenters. The van der Waals surface area contributed by atoms with Gasteiger partial charge in [-0.05, 0) is 18.5 Å². The van der Waals surface area contributed by atoms with Gasteiger partial charge >= 0.3 is 11.9 Å². The third-order valence-electron chi connectivity index (χ3n) is 4.12. The quantitative estimate of drug-likeness (QED) is 0.622. The number of hydrogen-bond donors (Lipinski definition) is 3. The number of nitrogens with one attached hydrogen (secondary N) is 1. The predicted molar refractivity (Wildman–Crippen MR) is 95.0 cm³/mol. The van der Waals surface area contributed by atoms with Crippen LogP contribution < -0.4 is 5.32 Å². The van der Waals surface area contributed by atoms with Gasteiger partial charge in [0.2, 0.25) is 0 Å². The summed E-state index contributed by atoms with van der Waals surface area (Å²) >= 11 is 1.92. The Kier molecular flexibility index (Phi) is 5.25. The number of aromatic nitrogens is 1. The van der Waals surface area contributed by atoms with Crippen LogP contribution in [0.25, 0.3) is 11.3 Å². The van der Waals surface area contributed by atoms with Gasteiger partial charge in [0, 0.05) is 41.5 Å². The molecule has 2 aliphatic rings. The van der Waals surface area contributed by atoms with Gasteiger partial charge in [0.1, 0.15) is 0 Å². The average Bonchev–Trinajstić information content (AvgIpc) is 3.28. The van der Waals surface area contributed by atoms with Gasteiger partial charge in [0.25, 0.3) is 0 Å². The maximum Gasteiger partial charge on any atom is 0.328 e. The Morgan fingerprint density at radius 3 is 2.56 bits per heavy atom. The molecule has 2 heterocycles. The van der Waals surface area contributed by atoms with Crippen LogP contribution in [0.1, 0.15) is 27.8 Å². The van der Waals surface area contributed by atoms with Crippen LogP contribution in [0, 0.1) is 0 Å². The molecule has 1 atom stereocenters. The molecule has 1 aromatic carbocycles. The molecule has 3 N–H and O–H groups in total. The van der Waals surface area contributed by atoms with Crippen molar-refractivity contribution in [3.05, 3.63) is 51.9 Å². The molecule has 1 aliphatic heterocycles. The van der Waals surface area contributed by atoms with E-state index in [2.05, 4.69) is 29.6 Å². The first-order valence-electron chi connectivity index (χ1n) is 7.97. The Balaban J connectivity index is 0.000000197. The number of carboxylic acid groups (broad SMARTS) is 2. The van der Waals surface area contributed by atoms with E-state index in [-0.39, 0.29) is 0 Å². The number of benzene rings is 1. The van der Waals surface area contributed by atoms with Crippen LogP contribution in [-0.2, 0) is 16.0 Å². The van der Waals surface area contributed by atoms with E-state index in [1.165, 1.54) is 33.1 Å². The second kappa shape index (κ2) is 7.58. The third-order valence-corrected chi connectivity index (χ3v) is 5.33. The molecule has 0 bridgehead atoms. The molecule has 0 spiro atoms. The summed E-state index contributed by atoms with van der Waals surface area (Å²) in [6, 6.07) is 8.67. The highest BCUT2D eigenvalue weighted by Gasteiger charge is 2.27. The highest BCUT2D eigenvalue weighted by molar-refractivity contribution is 7.12. The van der Waals surface area contributed by atoms with Crippen molar-refractivity contribution < 1.29 is 19.8 Å². The van der Waals surface area contributed by atoms with Crippen LogP contribution in [0.3, 0.4) is 0 Å². The molecule has 25 heavy (non-hydrogen) atoms. The zero-order chi connectivity index (χ0) is 17.8. The molecule has 0 saturated carbocycles. The van der Waals surface area contributed by atoms with E-state index in [9.17, 15) is 9.59 Å². The Morgan fingerprint density at radius 2 is 1.92 bits per heavy atom. The first-order valence-corrected chi connectivity index (χ1v) is 8.78. The lowest BCUT2D eigenvalue weighted by Crippen LogP contribution is -2.07. The van der Waals surface area contributed by atoms with Gasteiger partial charge < -0.3 is 15.5 Å². The number of hydrogen-bond acceptors (Lipinski definition) is 5. The maximum atomic E-state index is 9.55. The van der Waals surface area contributed by atoms with Crippen LogP contribution in [0.4, 0.5) is 0 Å². The van der Waals surface area contributed by atoms with Gasteiger partial charge in [-0.3, -0.25) is 0 Å². The number of aliphatic carboxylic acids is 2. The molecule has 7 heteroatoms. The average molecular weight is 358 g/mol. The summed E-state index contributed by atoms with van der Waals surface area (Å²) in [6.45, 7) is 2.25. The fraction of sp³-hybridized carbons (Fsp3) is 0.278. The smallest absolute Gasteiger partial charge is 0.328 e. The van der Waals surface area contributed by atoms with Crippen molar-refractivity contribution in [3.63, 3.8) is 0 Å². The topological polar surface area (TPSA) is 99.5 Å². The molecular formula is C18H18N2O4S. The van der Waals surface area contributed by atoms with Crippen LogP contribution in [0.15, 0.2) is 36.4 Å². The molecule has 6 nitrogen and oxygen atoms in total. The molecular weight excluding hydrogens is 340 g/mol. The molecule has 1 saturated heterocycles. The molecule has 4 rings (SSSR count). The minimum Gasteiger partial charge on any atom is -0.478 e. The van der Waals surface area contributed by atoms with Crippen LogP contribution >= 0.6 is 11.3 Å². The monoisotopic (exact) mass is 358 g/mol. The highest BCUT2D eigenvalue weighted by Crippen LogP contribution is 2.41. The second-order valence-corrected chi connectivity index (χ2v) is 6.97. The molecule has 1 fully saturated rings. The Bertz CT molecular complexity index is 806. The fourth-order valence-corrected chi connectivity index (χ4v) is 4.20. The SMILES string of the molecule is O=C(O)/C=C/C(=O)O.c1ccc2c(c1)Cc1sc([C@H]3CCNC3)nc1-2. The van der Waals surface area contributed by atoms with Crippen LogP contribution in [0.5, 0.6) is 0 Å².